The van der Waals surface area contributed by atoms with Crippen LogP contribution < -0.4 is 0 Å². The smallest absolute Gasteiger partial charge is 0.256 e. The largest absolute Gasteiger partial charge is 0.336 e. The van der Waals surface area contributed by atoms with Gasteiger partial charge in [-0.15, -0.1) is 0 Å². The second-order valence-electron chi connectivity index (χ2n) is 15.1. The summed E-state index contributed by atoms with van der Waals surface area (Å²) >= 11 is 0. The van der Waals surface area contributed by atoms with Crippen LogP contribution in [0.25, 0.3) is 16.6 Å². The van der Waals surface area contributed by atoms with E-state index in [9.17, 15) is 17.6 Å². The Kier molecular flexibility index (Phi) is 10.1. The van der Waals surface area contributed by atoms with Gasteiger partial charge in [0.25, 0.3) is 5.91 Å². The lowest BCUT2D eigenvalue weighted by atomic mass is 9.69. The predicted molar refractivity (Wildman–Crippen MR) is 190 cm³/mol. The number of piperazine rings is 1. The lowest BCUT2D eigenvalue weighted by molar-refractivity contribution is -0.0496. The Balaban J connectivity index is 1.16. The SMILES string of the molecule is CCN(C(=O)c1cc(F)ccc1-n1cc(CC2CN(C(C(C)C)[C@H]3C[C@@H](N4CCN(S(C)(=O)=O)CC4)C3)C2)c2c(C)cncc21)C(C)C. The van der Waals surface area contributed by atoms with Gasteiger partial charge >= 0.3 is 0 Å². The minimum atomic E-state index is -3.11. The second-order valence-corrected chi connectivity index (χ2v) is 17.0. The zero-order chi connectivity index (χ0) is 34.5. The van der Waals surface area contributed by atoms with Gasteiger partial charge in [0.2, 0.25) is 10.0 Å². The van der Waals surface area contributed by atoms with Crippen molar-refractivity contribution in [3.63, 3.8) is 0 Å². The van der Waals surface area contributed by atoms with Gasteiger partial charge in [0.1, 0.15) is 5.82 Å². The van der Waals surface area contributed by atoms with E-state index in [4.69, 9.17) is 0 Å². The summed E-state index contributed by atoms with van der Waals surface area (Å²) in [7, 11) is -3.11. The molecular formula is C37H53FN6O3S. The molecule has 2 aromatic heterocycles. The highest BCUT2D eigenvalue weighted by atomic mass is 32.2. The van der Waals surface area contributed by atoms with Gasteiger partial charge in [-0.05, 0) is 94.0 Å². The van der Waals surface area contributed by atoms with Gasteiger partial charge in [-0.1, -0.05) is 13.8 Å². The molecule has 48 heavy (non-hydrogen) atoms. The normalized spacial score (nSPS) is 22.3. The van der Waals surface area contributed by atoms with Gasteiger partial charge < -0.3 is 9.47 Å². The third-order valence-corrected chi connectivity index (χ3v) is 12.4. The van der Waals surface area contributed by atoms with E-state index in [1.807, 2.05) is 37.7 Å². The van der Waals surface area contributed by atoms with E-state index in [2.05, 4.69) is 41.8 Å². The summed E-state index contributed by atoms with van der Waals surface area (Å²) in [6.45, 7) is 18.2. The Bertz CT molecular complexity index is 1740. The van der Waals surface area contributed by atoms with E-state index in [1.165, 1.54) is 42.2 Å². The van der Waals surface area contributed by atoms with E-state index in [-0.39, 0.29) is 11.9 Å². The van der Waals surface area contributed by atoms with E-state index >= 15 is 0 Å². The standard InChI is InChI=1S/C37H53FN6O3S/c1-8-43(25(4)5)37(45)32-18-30(38)9-10-33(32)44-23-29(35-26(6)19-39-20-34(35)44)15-27-21-41(22-27)36(24(2)3)28-16-31(17-28)40-11-13-42(14-12-40)48(7,46)47/h9-10,18-20,23-25,27-28,31,36H,8,11-17,21-22H2,1-7H3/t28-,31+,36?. The van der Waals surface area contributed by atoms with Crippen LogP contribution in [0.3, 0.4) is 0 Å². The van der Waals surface area contributed by atoms with Crippen LogP contribution in [0.1, 0.15) is 68.9 Å². The fourth-order valence-electron chi connectivity index (χ4n) is 8.75. The summed E-state index contributed by atoms with van der Waals surface area (Å²) in [4.78, 5) is 25.2. The zero-order valence-electron chi connectivity index (χ0n) is 29.7. The topological polar surface area (TPSA) is 82.0 Å². The van der Waals surface area contributed by atoms with Crippen LogP contribution in [-0.2, 0) is 16.4 Å². The van der Waals surface area contributed by atoms with Gasteiger partial charge in [-0.3, -0.25) is 19.6 Å². The number of aryl methyl sites for hydroxylation is 1. The quantitative estimate of drug-likeness (QED) is 0.277. The maximum atomic E-state index is 14.6. The van der Waals surface area contributed by atoms with Gasteiger partial charge in [-0.25, -0.2) is 12.8 Å². The molecule has 3 fully saturated rings. The molecule has 1 atom stereocenters. The second kappa shape index (κ2) is 13.8. The molecule has 1 amide bonds. The molecule has 1 aromatic carbocycles. The molecule has 0 spiro atoms. The Morgan fingerprint density at radius 1 is 1.06 bits per heavy atom. The number of hydrogen-bond donors (Lipinski definition) is 0. The number of halogens is 1. The van der Waals surface area contributed by atoms with Gasteiger partial charge in [0, 0.05) is 81.7 Å². The molecule has 3 aliphatic rings. The number of hydrogen-bond acceptors (Lipinski definition) is 6. The first-order valence-electron chi connectivity index (χ1n) is 17.7. The number of rotatable bonds is 11. The molecule has 4 heterocycles. The molecule has 0 bridgehead atoms. The minimum Gasteiger partial charge on any atom is -0.336 e. The highest BCUT2D eigenvalue weighted by Gasteiger charge is 2.45. The number of benzene rings is 1. The van der Waals surface area contributed by atoms with Crippen molar-refractivity contribution in [2.75, 3.05) is 52.1 Å². The number of carbonyl (C=O) groups is 1. The predicted octanol–water partition coefficient (Wildman–Crippen LogP) is 5.20. The van der Waals surface area contributed by atoms with Crippen molar-refractivity contribution in [3.05, 3.63) is 59.3 Å². The molecule has 11 heteroatoms. The number of aromatic nitrogens is 2. The molecule has 3 aromatic rings. The molecule has 1 unspecified atom stereocenters. The van der Waals surface area contributed by atoms with Crippen LogP contribution in [0.5, 0.6) is 0 Å². The van der Waals surface area contributed by atoms with Gasteiger partial charge in [0.15, 0.2) is 0 Å². The van der Waals surface area contributed by atoms with Crippen molar-refractivity contribution < 1.29 is 17.6 Å². The number of nitrogens with zero attached hydrogens (tertiary/aromatic N) is 6. The van der Waals surface area contributed by atoms with Gasteiger partial charge in [0.05, 0.1) is 29.2 Å². The minimum absolute atomic E-state index is 0.000735. The van der Waals surface area contributed by atoms with Crippen molar-refractivity contribution in [2.45, 2.75) is 78.9 Å². The first kappa shape index (κ1) is 35.0. The Morgan fingerprint density at radius 3 is 2.35 bits per heavy atom. The molecule has 262 valence electrons. The molecule has 1 aliphatic carbocycles. The summed E-state index contributed by atoms with van der Waals surface area (Å²) in [5.74, 6) is 1.17. The molecule has 0 radical (unpaired) electrons. The lowest BCUT2D eigenvalue weighted by Crippen LogP contribution is -2.62. The Hall–Kier alpha value is -2.86. The first-order chi connectivity index (χ1) is 22.8. The van der Waals surface area contributed by atoms with E-state index < -0.39 is 15.8 Å². The van der Waals surface area contributed by atoms with E-state index in [0.717, 1.165) is 43.7 Å². The Labute approximate surface area is 286 Å². The van der Waals surface area contributed by atoms with Crippen LogP contribution in [0.2, 0.25) is 0 Å². The van der Waals surface area contributed by atoms with E-state index in [1.54, 1.807) is 15.3 Å². The number of fused-ring (bicyclic) bond motifs is 1. The third kappa shape index (κ3) is 6.80. The van der Waals surface area contributed by atoms with Crippen LogP contribution in [-0.4, -0.2) is 113 Å². The first-order valence-corrected chi connectivity index (χ1v) is 19.6. The van der Waals surface area contributed by atoms with Crippen LogP contribution in [0, 0.1) is 30.5 Å². The van der Waals surface area contributed by atoms with Gasteiger partial charge in [-0.2, -0.15) is 4.31 Å². The maximum absolute atomic E-state index is 14.6. The summed E-state index contributed by atoms with van der Waals surface area (Å²) in [6, 6.07) is 5.64. The average molecular weight is 681 g/mol. The summed E-state index contributed by atoms with van der Waals surface area (Å²) < 4.78 is 42.1. The highest BCUT2D eigenvalue weighted by molar-refractivity contribution is 7.88. The van der Waals surface area contributed by atoms with Crippen molar-refractivity contribution in [1.82, 2.24) is 28.6 Å². The number of amides is 1. The van der Waals surface area contributed by atoms with Crippen molar-refractivity contribution in [1.29, 1.82) is 0 Å². The van der Waals surface area contributed by atoms with Crippen molar-refractivity contribution in [3.8, 4) is 5.69 Å². The molecule has 9 nitrogen and oxygen atoms in total. The third-order valence-electron chi connectivity index (χ3n) is 11.1. The van der Waals surface area contributed by atoms with E-state index in [0.29, 0.717) is 60.7 Å². The summed E-state index contributed by atoms with van der Waals surface area (Å²) in [5.41, 5.74) is 4.32. The zero-order valence-corrected chi connectivity index (χ0v) is 30.5. The maximum Gasteiger partial charge on any atom is 0.256 e. The number of sulfonamides is 1. The van der Waals surface area contributed by atoms with Crippen LogP contribution >= 0.6 is 0 Å². The van der Waals surface area contributed by atoms with Crippen LogP contribution in [0.15, 0.2) is 36.8 Å². The highest BCUT2D eigenvalue weighted by Crippen LogP contribution is 2.42. The average Bonchev–Trinajstić information content (AvgIpc) is 3.35. The fraction of sp³-hybridized carbons (Fsp3) is 0.622. The lowest BCUT2D eigenvalue weighted by Gasteiger charge is -2.55. The fourth-order valence-corrected chi connectivity index (χ4v) is 9.57. The molecule has 6 rings (SSSR count). The number of likely N-dealkylation sites (tertiary alicyclic amines) is 1. The molecule has 2 aliphatic heterocycles. The summed E-state index contributed by atoms with van der Waals surface area (Å²) in [6.07, 6.45) is 10.5. The van der Waals surface area contributed by atoms with Crippen molar-refractivity contribution in [2.24, 2.45) is 17.8 Å². The molecule has 2 saturated heterocycles. The molecule has 1 saturated carbocycles. The number of carbonyl (C=O) groups excluding carboxylic acids is 1. The van der Waals surface area contributed by atoms with Crippen LogP contribution in [0.4, 0.5) is 4.39 Å². The van der Waals surface area contributed by atoms with Crippen molar-refractivity contribution >= 4 is 26.8 Å². The molecule has 0 N–H and O–H groups in total. The number of pyridine rings is 1. The summed E-state index contributed by atoms with van der Waals surface area (Å²) in [5, 5.41) is 1.17. The monoisotopic (exact) mass is 680 g/mol. The Morgan fingerprint density at radius 2 is 1.75 bits per heavy atom. The molecular weight excluding hydrogens is 628 g/mol.